The molecule has 2 aliphatic rings. The predicted molar refractivity (Wildman–Crippen MR) is 74.8 cm³/mol. The molecule has 1 aromatic heterocycles. The van der Waals surface area contributed by atoms with Crippen molar-refractivity contribution in [2.75, 3.05) is 6.61 Å². The summed E-state index contributed by atoms with van der Waals surface area (Å²) in [6.45, 7) is 5.30. The van der Waals surface area contributed by atoms with E-state index >= 15 is 0 Å². The van der Waals surface area contributed by atoms with E-state index in [1.54, 1.807) is 32.9 Å². The first-order chi connectivity index (χ1) is 10.3. The molecule has 120 valence electrons. The average Bonchev–Trinajstić information content (AvgIpc) is 3.07. The third kappa shape index (κ3) is 1.90. The van der Waals surface area contributed by atoms with E-state index < -0.39 is 40.9 Å². The van der Waals surface area contributed by atoms with E-state index in [1.165, 1.54) is 6.26 Å². The summed E-state index contributed by atoms with van der Waals surface area (Å²) in [5.41, 5.74) is -2.47. The highest BCUT2D eigenvalue weighted by molar-refractivity contribution is 5.84. The highest BCUT2D eigenvalue weighted by Crippen LogP contribution is 2.59. The smallest absolute Gasteiger partial charge is 0.313 e. The minimum absolute atomic E-state index is 0.112. The van der Waals surface area contributed by atoms with E-state index in [4.69, 9.17) is 13.9 Å². The number of aliphatic hydroxyl groups is 1. The zero-order valence-corrected chi connectivity index (χ0v) is 12.9. The average molecular weight is 308 g/mol. The summed E-state index contributed by atoms with van der Waals surface area (Å²) >= 11 is 0. The fourth-order valence-corrected chi connectivity index (χ4v) is 3.81. The van der Waals surface area contributed by atoms with Crippen molar-refractivity contribution < 1.29 is 28.6 Å². The Morgan fingerprint density at radius 3 is 2.82 bits per heavy atom. The van der Waals surface area contributed by atoms with Crippen LogP contribution in [-0.4, -0.2) is 34.9 Å². The van der Waals surface area contributed by atoms with Gasteiger partial charge in [0.2, 0.25) is 0 Å². The second kappa shape index (κ2) is 4.84. The lowest BCUT2D eigenvalue weighted by atomic mass is 9.78. The Labute approximate surface area is 128 Å². The van der Waals surface area contributed by atoms with Crippen LogP contribution in [0.3, 0.4) is 0 Å². The van der Waals surface area contributed by atoms with Gasteiger partial charge in [-0.3, -0.25) is 9.59 Å². The van der Waals surface area contributed by atoms with E-state index in [1.807, 2.05) is 0 Å². The van der Waals surface area contributed by atoms with Gasteiger partial charge in [-0.15, -0.1) is 0 Å². The fraction of sp³-hybridized carbons (Fsp3) is 0.625. The second-order valence-corrected chi connectivity index (χ2v) is 6.44. The molecule has 1 aliphatic carbocycles. The fourth-order valence-electron chi connectivity index (χ4n) is 3.81. The standard InChI is InChI=1S/C16H20O6/c1-4-20-13(17)9-8-16(19)12(14(18)22-15(16,2)3)11(9)10-6-5-7-21-10/h5-7,9,11-12,19H,4,8H2,1-3H3/t9-,11+,12-,16+/m1/s1. The van der Waals surface area contributed by atoms with Crippen LogP contribution in [0.1, 0.15) is 38.9 Å². The van der Waals surface area contributed by atoms with Gasteiger partial charge >= 0.3 is 11.9 Å². The van der Waals surface area contributed by atoms with Crippen molar-refractivity contribution in [1.29, 1.82) is 0 Å². The molecule has 1 N–H and O–H groups in total. The zero-order chi connectivity index (χ0) is 16.1. The first kappa shape index (κ1) is 15.1. The van der Waals surface area contributed by atoms with Gasteiger partial charge < -0.3 is 19.0 Å². The molecule has 0 bridgehead atoms. The van der Waals surface area contributed by atoms with Crippen molar-refractivity contribution in [1.82, 2.24) is 0 Å². The van der Waals surface area contributed by atoms with Gasteiger partial charge in [-0.05, 0) is 39.3 Å². The van der Waals surface area contributed by atoms with E-state index in [-0.39, 0.29) is 13.0 Å². The molecule has 1 aliphatic heterocycles. The van der Waals surface area contributed by atoms with Crippen LogP contribution >= 0.6 is 0 Å². The number of ether oxygens (including phenoxy) is 2. The maximum atomic E-state index is 12.3. The van der Waals surface area contributed by atoms with E-state index in [2.05, 4.69) is 0 Å². The van der Waals surface area contributed by atoms with Gasteiger partial charge in [0.15, 0.2) is 0 Å². The number of hydrogen-bond acceptors (Lipinski definition) is 6. The van der Waals surface area contributed by atoms with Crippen LogP contribution < -0.4 is 0 Å². The molecule has 1 aromatic rings. The molecule has 0 unspecified atom stereocenters. The molecule has 6 heteroatoms. The van der Waals surface area contributed by atoms with Crippen molar-refractivity contribution in [3.63, 3.8) is 0 Å². The van der Waals surface area contributed by atoms with Gasteiger partial charge in [-0.1, -0.05) is 0 Å². The Bertz CT molecular complexity index is 590. The van der Waals surface area contributed by atoms with Crippen molar-refractivity contribution in [3.8, 4) is 0 Å². The van der Waals surface area contributed by atoms with Crippen LogP contribution in [0.5, 0.6) is 0 Å². The summed E-state index contributed by atoms with van der Waals surface area (Å²) in [4.78, 5) is 24.6. The minimum Gasteiger partial charge on any atom is -0.469 e. The van der Waals surface area contributed by atoms with Gasteiger partial charge in [0.05, 0.1) is 18.8 Å². The molecule has 1 saturated carbocycles. The van der Waals surface area contributed by atoms with Crippen molar-refractivity contribution in [3.05, 3.63) is 24.2 Å². The largest absolute Gasteiger partial charge is 0.469 e. The highest BCUT2D eigenvalue weighted by atomic mass is 16.6. The second-order valence-electron chi connectivity index (χ2n) is 6.44. The number of carbonyl (C=O) groups excluding carboxylic acids is 2. The highest BCUT2D eigenvalue weighted by Gasteiger charge is 2.71. The van der Waals surface area contributed by atoms with Gasteiger partial charge in [0.1, 0.15) is 22.9 Å². The Morgan fingerprint density at radius 1 is 1.50 bits per heavy atom. The topological polar surface area (TPSA) is 86.0 Å². The molecule has 1 saturated heterocycles. The summed E-state index contributed by atoms with van der Waals surface area (Å²) in [7, 11) is 0. The molecule has 2 fully saturated rings. The first-order valence-corrected chi connectivity index (χ1v) is 7.47. The zero-order valence-electron chi connectivity index (χ0n) is 12.9. The molecule has 0 radical (unpaired) electrons. The number of furan rings is 1. The molecule has 0 amide bonds. The summed E-state index contributed by atoms with van der Waals surface area (Å²) in [5, 5.41) is 11.1. The van der Waals surface area contributed by atoms with Gasteiger partial charge in [-0.25, -0.2) is 0 Å². The van der Waals surface area contributed by atoms with E-state index in [9.17, 15) is 14.7 Å². The Kier molecular flexibility index (Phi) is 3.32. The van der Waals surface area contributed by atoms with Gasteiger partial charge in [-0.2, -0.15) is 0 Å². The molecule has 3 rings (SSSR count). The molecule has 2 heterocycles. The number of carbonyl (C=O) groups is 2. The quantitative estimate of drug-likeness (QED) is 0.854. The lowest BCUT2D eigenvalue weighted by Crippen LogP contribution is -2.48. The summed E-state index contributed by atoms with van der Waals surface area (Å²) in [6.07, 6.45) is 1.60. The lowest BCUT2D eigenvalue weighted by Gasteiger charge is -2.33. The maximum absolute atomic E-state index is 12.3. The Hall–Kier alpha value is -1.82. The van der Waals surface area contributed by atoms with Crippen LogP contribution in [0.4, 0.5) is 0 Å². The first-order valence-electron chi connectivity index (χ1n) is 7.47. The SMILES string of the molecule is CCOC(=O)[C@@H]1C[C@]2(O)[C@@H](C(=O)OC2(C)C)[C@@H]1c1ccco1. The maximum Gasteiger partial charge on any atom is 0.313 e. The number of rotatable bonds is 3. The summed E-state index contributed by atoms with van der Waals surface area (Å²) in [6, 6.07) is 3.40. The monoisotopic (exact) mass is 308 g/mol. The molecule has 0 aromatic carbocycles. The van der Waals surface area contributed by atoms with Gasteiger partial charge in [0.25, 0.3) is 0 Å². The van der Waals surface area contributed by atoms with E-state index in [0.29, 0.717) is 5.76 Å². The number of cyclic esters (lactones) is 1. The summed E-state index contributed by atoms with van der Waals surface area (Å²) in [5.74, 6) is -2.46. The summed E-state index contributed by atoms with van der Waals surface area (Å²) < 4.78 is 15.9. The van der Waals surface area contributed by atoms with Crippen molar-refractivity contribution in [2.45, 2.75) is 44.3 Å². The minimum atomic E-state index is -1.42. The molecular formula is C16H20O6. The van der Waals surface area contributed by atoms with Crippen LogP contribution in [0.15, 0.2) is 22.8 Å². The third-order valence-corrected chi connectivity index (χ3v) is 4.95. The number of esters is 2. The molecule has 6 nitrogen and oxygen atoms in total. The number of hydrogen-bond donors (Lipinski definition) is 1. The normalized spacial score (nSPS) is 36.0. The van der Waals surface area contributed by atoms with Crippen molar-refractivity contribution in [2.24, 2.45) is 11.8 Å². The van der Waals surface area contributed by atoms with E-state index in [0.717, 1.165) is 0 Å². The Balaban J connectivity index is 2.06. The third-order valence-electron chi connectivity index (χ3n) is 4.95. The molecular weight excluding hydrogens is 288 g/mol. The van der Waals surface area contributed by atoms with Crippen LogP contribution in [0.25, 0.3) is 0 Å². The van der Waals surface area contributed by atoms with Crippen molar-refractivity contribution >= 4 is 11.9 Å². The van der Waals surface area contributed by atoms with Crippen LogP contribution in [-0.2, 0) is 19.1 Å². The van der Waals surface area contributed by atoms with Crippen LogP contribution in [0.2, 0.25) is 0 Å². The number of fused-ring (bicyclic) bond motifs is 1. The molecule has 0 spiro atoms. The molecule has 4 atom stereocenters. The Morgan fingerprint density at radius 2 is 2.23 bits per heavy atom. The lowest BCUT2D eigenvalue weighted by molar-refractivity contribution is -0.157. The predicted octanol–water partition coefficient (Wildman–Crippen LogP) is 1.63. The van der Waals surface area contributed by atoms with Gasteiger partial charge in [0, 0.05) is 5.92 Å². The van der Waals surface area contributed by atoms with Crippen LogP contribution in [0, 0.1) is 11.8 Å². The molecule has 22 heavy (non-hydrogen) atoms.